The lowest BCUT2D eigenvalue weighted by Crippen LogP contribution is -1.88. The Bertz CT molecular complexity index is 469. The molecule has 2 aromatic carbocycles. The molecule has 76 valence electrons. The lowest BCUT2D eigenvalue weighted by molar-refractivity contribution is 0.624. The van der Waals surface area contributed by atoms with E-state index in [9.17, 15) is 8.78 Å². The van der Waals surface area contributed by atoms with Crippen LogP contribution in [0.1, 0.15) is 5.56 Å². The van der Waals surface area contributed by atoms with Gasteiger partial charge in [0.15, 0.2) is 0 Å². The van der Waals surface area contributed by atoms with Gasteiger partial charge in [-0.1, -0.05) is 24.3 Å². The van der Waals surface area contributed by atoms with E-state index in [0.717, 1.165) is 5.56 Å². The van der Waals surface area contributed by atoms with E-state index in [4.69, 9.17) is 0 Å². The Morgan fingerprint density at radius 3 is 2.33 bits per heavy atom. The van der Waals surface area contributed by atoms with E-state index in [1.54, 1.807) is 18.2 Å². The van der Waals surface area contributed by atoms with Gasteiger partial charge in [-0.05, 0) is 36.2 Å². The zero-order valence-corrected chi connectivity index (χ0v) is 8.30. The maximum absolute atomic E-state index is 13.5. The molecule has 0 unspecified atom stereocenters. The molecule has 0 nitrogen and oxygen atoms in total. The van der Waals surface area contributed by atoms with Gasteiger partial charge in [-0.15, -0.1) is 0 Å². The third-order valence-electron chi connectivity index (χ3n) is 2.34. The average molecular weight is 204 g/mol. The lowest BCUT2D eigenvalue weighted by atomic mass is 10.00. The second-order valence-electron chi connectivity index (χ2n) is 3.44. The van der Waals surface area contributed by atoms with Crippen LogP contribution in [-0.2, 0) is 0 Å². The van der Waals surface area contributed by atoms with Crippen LogP contribution in [0.5, 0.6) is 0 Å². The van der Waals surface area contributed by atoms with Gasteiger partial charge in [0, 0.05) is 5.56 Å². The summed E-state index contributed by atoms with van der Waals surface area (Å²) in [6.45, 7) is 1.81. The van der Waals surface area contributed by atoms with E-state index in [1.807, 2.05) is 13.0 Å². The number of hydrogen-bond acceptors (Lipinski definition) is 0. The van der Waals surface area contributed by atoms with Gasteiger partial charge in [0.1, 0.15) is 11.6 Å². The van der Waals surface area contributed by atoms with Crippen LogP contribution < -0.4 is 0 Å². The molecule has 0 aromatic heterocycles. The van der Waals surface area contributed by atoms with E-state index in [-0.39, 0.29) is 11.6 Å². The molecule has 0 amide bonds. The van der Waals surface area contributed by atoms with Crippen molar-refractivity contribution in [2.24, 2.45) is 0 Å². The standard InChI is InChI=1S/C13H10F2/c1-9-4-2-7-12(15)13(9)10-5-3-6-11(14)8-10/h2-8H,1H3. The minimum absolute atomic E-state index is 0.319. The van der Waals surface area contributed by atoms with Gasteiger partial charge in [0.2, 0.25) is 0 Å². The zero-order chi connectivity index (χ0) is 10.8. The molecule has 0 aliphatic rings. The fourth-order valence-electron chi connectivity index (χ4n) is 1.64. The zero-order valence-electron chi connectivity index (χ0n) is 8.30. The number of benzene rings is 2. The summed E-state index contributed by atoms with van der Waals surface area (Å²) in [5, 5.41) is 0. The number of rotatable bonds is 1. The fourth-order valence-corrected chi connectivity index (χ4v) is 1.64. The first kappa shape index (κ1) is 9.84. The Labute approximate surface area is 87.2 Å². The predicted octanol–water partition coefficient (Wildman–Crippen LogP) is 3.94. The van der Waals surface area contributed by atoms with Crippen LogP contribution in [0.25, 0.3) is 11.1 Å². The van der Waals surface area contributed by atoms with Crippen molar-refractivity contribution in [1.29, 1.82) is 0 Å². The van der Waals surface area contributed by atoms with Crippen molar-refractivity contribution in [3.8, 4) is 11.1 Å². The second kappa shape index (κ2) is 3.81. The minimum atomic E-state index is -0.352. The third-order valence-corrected chi connectivity index (χ3v) is 2.34. The average Bonchev–Trinajstić information content (AvgIpc) is 2.17. The molecule has 0 aliphatic carbocycles. The highest BCUT2D eigenvalue weighted by Crippen LogP contribution is 2.26. The summed E-state index contributed by atoms with van der Waals surface area (Å²) in [6.07, 6.45) is 0. The van der Waals surface area contributed by atoms with Crippen molar-refractivity contribution >= 4 is 0 Å². The van der Waals surface area contributed by atoms with Gasteiger partial charge in [-0.2, -0.15) is 0 Å². The summed E-state index contributed by atoms with van der Waals surface area (Å²) in [5.41, 5.74) is 1.85. The number of halogens is 2. The van der Waals surface area contributed by atoms with Gasteiger partial charge in [0.25, 0.3) is 0 Å². The Hall–Kier alpha value is -1.70. The number of hydrogen-bond donors (Lipinski definition) is 0. The van der Waals surface area contributed by atoms with Gasteiger partial charge in [0.05, 0.1) is 0 Å². The molecule has 2 heteroatoms. The van der Waals surface area contributed by atoms with Crippen LogP contribution in [-0.4, -0.2) is 0 Å². The molecule has 0 spiro atoms. The normalized spacial score (nSPS) is 10.3. The first-order valence-electron chi connectivity index (χ1n) is 4.69. The first-order chi connectivity index (χ1) is 7.18. The summed E-state index contributed by atoms with van der Waals surface area (Å²) in [5.74, 6) is -0.671. The Balaban J connectivity index is 2.63. The summed E-state index contributed by atoms with van der Waals surface area (Å²) < 4.78 is 26.5. The molecule has 0 aliphatic heterocycles. The van der Waals surface area contributed by atoms with E-state index in [1.165, 1.54) is 18.2 Å². The smallest absolute Gasteiger partial charge is 0.131 e. The molecule has 15 heavy (non-hydrogen) atoms. The van der Waals surface area contributed by atoms with Crippen molar-refractivity contribution in [1.82, 2.24) is 0 Å². The number of aryl methyl sites for hydroxylation is 1. The molecule has 0 radical (unpaired) electrons. The van der Waals surface area contributed by atoms with Gasteiger partial charge >= 0.3 is 0 Å². The highest BCUT2D eigenvalue weighted by molar-refractivity contribution is 5.67. The van der Waals surface area contributed by atoms with Crippen LogP contribution in [0, 0.1) is 18.6 Å². The molecular weight excluding hydrogens is 194 g/mol. The summed E-state index contributed by atoms with van der Waals surface area (Å²) >= 11 is 0. The van der Waals surface area contributed by atoms with Crippen molar-refractivity contribution in [3.05, 3.63) is 59.7 Å². The second-order valence-corrected chi connectivity index (χ2v) is 3.44. The summed E-state index contributed by atoms with van der Waals surface area (Å²) in [4.78, 5) is 0. The molecule has 0 N–H and O–H groups in total. The molecule has 0 saturated carbocycles. The molecule has 0 saturated heterocycles. The van der Waals surface area contributed by atoms with Gasteiger partial charge in [-0.25, -0.2) is 8.78 Å². The highest BCUT2D eigenvalue weighted by atomic mass is 19.1. The third kappa shape index (κ3) is 1.89. The highest BCUT2D eigenvalue weighted by Gasteiger charge is 2.07. The quantitative estimate of drug-likeness (QED) is 0.660. The van der Waals surface area contributed by atoms with E-state index >= 15 is 0 Å². The summed E-state index contributed by atoms with van der Waals surface area (Å²) in [7, 11) is 0. The molecule has 0 bridgehead atoms. The van der Waals surface area contributed by atoms with Crippen molar-refractivity contribution in [3.63, 3.8) is 0 Å². The largest absolute Gasteiger partial charge is 0.207 e. The first-order valence-corrected chi connectivity index (χ1v) is 4.69. The molecule has 2 rings (SSSR count). The van der Waals surface area contributed by atoms with Crippen LogP contribution in [0.4, 0.5) is 8.78 Å². The minimum Gasteiger partial charge on any atom is -0.207 e. The topological polar surface area (TPSA) is 0 Å². The molecule has 0 fully saturated rings. The van der Waals surface area contributed by atoms with Crippen LogP contribution in [0.3, 0.4) is 0 Å². The molecular formula is C13H10F2. The van der Waals surface area contributed by atoms with Crippen LogP contribution in [0.2, 0.25) is 0 Å². The molecule has 0 atom stereocenters. The SMILES string of the molecule is Cc1cccc(F)c1-c1cccc(F)c1. The van der Waals surface area contributed by atoms with Crippen LogP contribution >= 0.6 is 0 Å². The molecule has 0 heterocycles. The van der Waals surface area contributed by atoms with Crippen molar-refractivity contribution < 1.29 is 8.78 Å². The van der Waals surface area contributed by atoms with E-state index in [0.29, 0.717) is 11.1 Å². The Kier molecular flexibility index (Phi) is 2.50. The van der Waals surface area contributed by atoms with Crippen molar-refractivity contribution in [2.75, 3.05) is 0 Å². The van der Waals surface area contributed by atoms with E-state index < -0.39 is 0 Å². The van der Waals surface area contributed by atoms with E-state index in [2.05, 4.69) is 0 Å². The maximum Gasteiger partial charge on any atom is 0.131 e. The van der Waals surface area contributed by atoms with Gasteiger partial charge in [-0.3, -0.25) is 0 Å². The predicted molar refractivity (Wildman–Crippen MR) is 56.5 cm³/mol. The fraction of sp³-hybridized carbons (Fsp3) is 0.0769. The van der Waals surface area contributed by atoms with Crippen LogP contribution in [0.15, 0.2) is 42.5 Å². The Morgan fingerprint density at radius 1 is 0.933 bits per heavy atom. The van der Waals surface area contributed by atoms with Gasteiger partial charge < -0.3 is 0 Å². The summed E-state index contributed by atoms with van der Waals surface area (Å²) in [6, 6.07) is 10.8. The molecule has 2 aromatic rings. The monoisotopic (exact) mass is 204 g/mol. The lowest BCUT2D eigenvalue weighted by Gasteiger charge is -2.07. The maximum atomic E-state index is 13.5. The Morgan fingerprint density at radius 2 is 1.67 bits per heavy atom. The van der Waals surface area contributed by atoms with Crippen molar-refractivity contribution in [2.45, 2.75) is 6.92 Å².